The number of aromatic nitrogens is 1. The summed E-state index contributed by atoms with van der Waals surface area (Å²) in [5.74, 6) is 1.85. The van der Waals surface area contributed by atoms with Gasteiger partial charge in [-0.1, -0.05) is 36.8 Å². The molecule has 2 aliphatic rings. The van der Waals surface area contributed by atoms with Gasteiger partial charge in [-0.15, -0.1) is 0 Å². The lowest BCUT2D eigenvalue weighted by Crippen LogP contribution is -2.56. The van der Waals surface area contributed by atoms with E-state index < -0.39 is 0 Å². The molecule has 1 aromatic heterocycles. The highest BCUT2D eigenvalue weighted by atomic mass is 16.1. The molecule has 4 rings (SSSR count). The van der Waals surface area contributed by atoms with Crippen LogP contribution in [0, 0.1) is 18.8 Å². The number of hydrogen-bond donors (Lipinski definition) is 1. The number of aryl methyl sites for hydroxylation is 1. The zero-order chi connectivity index (χ0) is 15.8. The molecular formula is C20H22N2O. The smallest absolute Gasteiger partial charge is 0.253 e. The normalized spacial score (nSPS) is 28.7. The van der Waals surface area contributed by atoms with Gasteiger partial charge in [0, 0.05) is 23.9 Å². The predicted molar refractivity (Wildman–Crippen MR) is 90.2 cm³/mol. The highest BCUT2D eigenvalue weighted by Crippen LogP contribution is 2.55. The van der Waals surface area contributed by atoms with E-state index in [4.69, 9.17) is 0 Å². The van der Waals surface area contributed by atoms with Crippen LogP contribution >= 0.6 is 0 Å². The van der Waals surface area contributed by atoms with Crippen LogP contribution in [0.25, 0.3) is 0 Å². The number of fused-ring (bicyclic) bond motifs is 1. The molecule has 2 fully saturated rings. The number of nitrogens with zero attached hydrogens (tertiary/aromatic N) is 1. The third-order valence-corrected chi connectivity index (χ3v) is 5.59. The van der Waals surface area contributed by atoms with Crippen molar-refractivity contribution in [1.29, 1.82) is 0 Å². The minimum absolute atomic E-state index is 0.00813. The predicted octanol–water partition coefficient (Wildman–Crippen LogP) is 3.70. The van der Waals surface area contributed by atoms with Gasteiger partial charge in [0.2, 0.25) is 0 Å². The number of pyridine rings is 1. The number of nitrogens with one attached hydrogen (secondary N) is 1. The molecule has 118 valence electrons. The summed E-state index contributed by atoms with van der Waals surface area (Å²) in [6.07, 6.45) is 5.50. The fraction of sp³-hybridized carbons (Fsp3) is 0.400. The van der Waals surface area contributed by atoms with Gasteiger partial charge in [-0.3, -0.25) is 9.78 Å². The van der Waals surface area contributed by atoms with Gasteiger partial charge in [-0.2, -0.15) is 0 Å². The van der Waals surface area contributed by atoms with E-state index in [2.05, 4.69) is 40.6 Å². The number of hydrogen-bond acceptors (Lipinski definition) is 2. The van der Waals surface area contributed by atoms with E-state index in [1.807, 2.05) is 19.1 Å². The molecular weight excluding hydrogens is 284 g/mol. The summed E-state index contributed by atoms with van der Waals surface area (Å²) < 4.78 is 0. The second-order valence-electron chi connectivity index (χ2n) is 6.88. The molecule has 0 spiro atoms. The van der Waals surface area contributed by atoms with Gasteiger partial charge in [0.1, 0.15) is 0 Å². The van der Waals surface area contributed by atoms with E-state index >= 15 is 0 Å². The van der Waals surface area contributed by atoms with E-state index in [-0.39, 0.29) is 11.9 Å². The quantitative estimate of drug-likeness (QED) is 0.939. The van der Waals surface area contributed by atoms with Crippen molar-refractivity contribution < 1.29 is 4.79 Å². The van der Waals surface area contributed by atoms with Crippen LogP contribution in [0.5, 0.6) is 0 Å². The van der Waals surface area contributed by atoms with Crippen LogP contribution in [-0.4, -0.2) is 16.9 Å². The summed E-state index contributed by atoms with van der Waals surface area (Å²) in [7, 11) is 0. The molecule has 0 saturated heterocycles. The molecule has 2 aliphatic carbocycles. The summed E-state index contributed by atoms with van der Waals surface area (Å²) in [5.41, 5.74) is 2.95. The van der Waals surface area contributed by atoms with Crippen molar-refractivity contribution >= 4 is 5.91 Å². The molecule has 0 bridgehead atoms. The lowest BCUT2D eigenvalue weighted by Gasteiger charge is -2.49. The first kappa shape index (κ1) is 14.4. The van der Waals surface area contributed by atoms with Gasteiger partial charge in [0.05, 0.1) is 5.56 Å². The van der Waals surface area contributed by atoms with Gasteiger partial charge >= 0.3 is 0 Å². The SMILES string of the molecule is Cc1ccc(C(=O)N[C@@H]2[C@@H]3CCC[C@H]3[C@H]2c2ccccc2)cn1. The lowest BCUT2D eigenvalue weighted by molar-refractivity contribution is 0.0691. The zero-order valence-corrected chi connectivity index (χ0v) is 13.4. The average molecular weight is 306 g/mol. The van der Waals surface area contributed by atoms with E-state index in [0.29, 0.717) is 17.4 Å². The Labute approximate surface area is 137 Å². The Morgan fingerprint density at radius 2 is 1.87 bits per heavy atom. The molecule has 3 nitrogen and oxygen atoms in total. The summed E-state index contributed by atoms with van der Waals surface area (Å²) in [6, 6.07) is 14.7. The summed E-state index contributed by atoms with van der Waals surface area (Å²) in [5, 5.41) is 3.29. The fourth-order valence-electron chi connectivity index (χ4n) is 4.46. The minimum Gasteiger partial charge on any atom is -0.348 e. The van der Waals surface area contributed by atoms with Crippen LogP contribution in [0.1, 0.15) is 46.8 Å². The molecule has 1 N–H and O–H groups in total. The van der Waals surface area contributed by atoms with E-state index in [9.17, 15) is 4.79 Å². The van der Waals surface area contributed by atoms with Gasteiger partial charge in [0.15, 0.2) is 0 Å². The van der Waals surface area contributed by atoms with Crippen LogP contribution in [-0.2, 0) is 0 Å². The summed E-state index contributed by atoms with van der Waals surface area (Å²) in [6.45, 7) is 1.93. The number of benzene rings is 1. The Morgan fingerprint density at radius 1 is 1.09 bits per heavy atom. The van der Waals surface area contributed by atoms with Crippen molar-refractivity contribution in [1.82, 2.24) is 10.3 Å². The van der Waals surface area contributed by atoms with Crippen molar-refractivity contribution in [3.63, 3.8) is 0 Å². The van der Waals surface area contributed by atoms with Gasteiger partial charge in [-0.25, -0.2) is 0 Å². The lowest BCUT2D eigenvalue weighted by atomic mass is 9.60. The molecule has 1 amide bonds. The van der Waals surface area contributed by atoms with Crippen molar-refractivity contribution in [2.45, 2.75) is 38.1 Å². The zero-order valence-electron chi connectivity index (χ0n) is 13.4. The van der Waals surface area contributed by atoms with E-state index in [0.717, 1.165) is 11.6 Å². The van der Waals surface area contributed by atoms with Crippen molar-refractivity contribution in [3.8, 4) is 0 Å². The molecule has 2 aromatic rings. The first-order valence-corrected chi connectivity index (χ1v) is 8.52. The molecule has 1 aromatic carbocycles. The summed E-state index contributed by atoms with van der Waals surface area (Å²) in [4.78, 5) is 16.8. The number of rotatable bonds is 3. The largest absolute Gasteiger partial charge is 0.348 e. The monoisotopic (exact) mass is 306 g/mol. The number of amides is 1. The number of carbonyl (C=O) groups excluding carboxylic acids is 1. The topological polar surface area (TPSA) is 42.0 Å². The number of carbonyl (C=O) groups is 1. The highest BCUT2D eigenvalue weighted by Gasteiger charge is 2.53. The van der Waals surface area contributed by atoms with Crippen molar-refractivity contribution in [3.05, 3.63) is 65.5 Å². The van der Waals surface area contributed by atoms with E-state index in [1.54, 1.807) is 6.20 Å². The maximum atomic E-state index is 12.6. The Kier molecular flexibility index (Phi) is 3.64. The maximum Gasteiger partial charge on any atom is 0.253 e. The van der Waals surface area contributed by atoms with Crippen LogP contribution in [0.4, 0.5) is 0 Å². The standard InChI is InChI=1S/C20H22N2O/c1-13-10-11-15(12-21-13)20(23)22-19-17-9-5-8-16(17)18(19)14-6-3-2-4-7-14/h2-4,6-7,10-12,16-19H,5,8-9H2,1H3,(H,22,23)/t16-,17-,18-,19-/m1/s1. The van der Waals surface area contributed by atoms with Crippen molar-refractivity contribution in [2.24, 2.45) is 11.8 Å². The Balaban J connectivity index is 1.54. The molecule has 2 saturated carbocycles. The molecule has 0 aliphatic heterocycles. The molecule has 3 heteroatoms. The molecule has 0 radical (unpaired) electrons. The third kappa shape index (κ3) is 2.54. The molecule has 0 unspecified atom stereocenters. The van der Waals surface area contributed by atoms with Gasteiger partial charge < -0.3 is 5.32 Å². The van der Waals surface area contributed by atoms with Crippen LogP contribution in [0.2, 0.25) is 0 Å². The summed E-state index contributed by atoms with van der Waals surface area (Å²) >= 11 is 0. The van der Waals surface area contributed by atoms with Gasteiger partial charge in [0.25, 0.3) is 5.91 Å². The van der Waals surface area contributed by atoms with Gasteiger partial charge in [-0.05, 0) is 49.3 Å². The fourth-order valence-corrected chi connectivity index (χ4v) is 4.46. The molecule has 1 heterocycles. The van der Waals surface area contributed by atoms with Crippen LogP contribution in [0.3, 0.4) is 0 Å². The Morgan fingerprint density at radius 3 is 2.61 bits per heavy atom. The highest BCUT2D eigenvalue weighted by molar-refractivity contribution is 5.94. The Bertz CT molecular complexity index is 695. The van der Waals surface area contributed by atoms with Crippen LogP contribution < -0.4 is 5.32 Å². The molecule has 4 atom stereocenters. The first-order chi connectivity index (χ1) is 11.2. The van der Waals surface area contributed by atoms with E-state index in [1.165, 1.54) is 24.8 Å². The van der Waals surface area contributed by atoms with Crippen molar-refractivity contribution in [2.75, 3.05) is 0 Å². The first-order valence-electron chi connectivity index (χ1n) is 8.52. The second-order valence-corrected chi connectivity index (χ2v) is 6.88. The maximum absolute atomic E-state index is 12.6. The minimum atomic E-state index is 0.00813. The molecule has 23 heavy (non-hydrogen) atoms. The average Bonchev–Trinajstić information content (AvgIpc) is 2.98. The third-order valence-electron chi connectivity index (χ3n) is 5.59. The van der Waals surface area contributed by atoms with Crippen LogP contribution in [0.15, 0.2) is 48.7 Å². The second kappa shape index (κ2) is 5.80. The Hall–Kier alpha value is -2.16.